The Labute approximate surface area is 161 Å². The lowest BCUT2D eigenvalue weighted by Crippen LogP contribution is -2.75. The molecule has 1 heterocycles. The van der Waals surface area contributed by atoms with Crippen molar-refractivity contribution in [1.82, 2.24) is 10.2 Å². The molecule has 0 bridgehead atoms. The first-order valence-corrected chi connectivity index (χ1v) is 10.4. The quantitative estimate of drug-likeness (QED) is 0.784. The van der Waals surface area contributed by atoms with E-state index in [0.29, 0.717) is 11.7 Å². The van der Waals surface area contributed by atoms with Gasteiger partial charge in [-0.15, -0.1) is 0 Å². The minimum atomic E-state index is -0.848. The number of hydrogen-bond donors (Lipinski definition) is 2. The molecular formula is C21H30N2O2S. The highest BCUT2D eigenvalue weighted by Gasteiger charge is 2.58. The Hall–Kier alpha value is -1.33. The summed E-state index contributed by atoms with van der Waals surface area (Å²) in [4.78, 5) is 2.05. The van der Waals surface area contributed by atoms with E-state index in [2.05, 4.69) is 11.4 Å². The first-order chi connectivity index (χ1) is 12.6. The number of methoxy groups -OCH3 is 1. The van der Waals surface area contributed by atoms with Gasteiger partial charge in [-0.2, -0.15) is 0 Å². The lowest BCUT2D eigenvalue weighted by Gasteiger charge is -2.61. The van der Waals surface area contributed by atoms with Crippen molar-refractivity contribution in [2.75, 3.05) is 7.11 Å². The van der Waals surface area contributed by atoms with E-state index < -0.39 is 5.72 Å². The van der Waals surface area contributed by atoms with Crippen LogP contribution in [0, 0.1) is 5.92 Å². The van der Waals surface area contributed by atoms with Gasteiger partial charge in [-0.3, -0.25) is 0 Å². The molecule has 2 aliphatic carbocycles. The average molecular weight is 375 g/mol. The van der Waals surface area contributed by atoms with E-state index in [9.17, 15) is 5.11 Å². The summed E-state index contributed by atoms with van der Waals surface area (Å²) in [6.45, 7) is 0.582. The number of ether oxygens (including phenoxy) is 1. The number of aliphatic hydroxyl groups is 1. The molecule has 0 amide bonds. The van der Waals surface area contributed by atoms with Crippen LogP contribution in [0.15, 0.2) is 24.3 Å². The second kappa shape index (κ2) is 7.01. The summed E-state index contributed by atoms with van der Waals surface area (Å²) in [5.74, 6) is 1.09. The Bertz CT molecular complexity index is 674. The zero-order valence-electron chi connectivity index (χ0n) is 15.7. The molecule has 1 spiro atoms. The molecule has 3 fully saturated rings. The number of rotatable bonds is 3. The molecule has 0 unspecified atom stereocenters. The summed E-state index contributed by atoms with van der Waals surface area (Å²) in [6, 6.07) is 8.03. The lowest BCUT2D eigenvalue weighted by atomic mass is 9.62. The summed E-state index contributed by atoms with van der Waals surface area (Å²) in [6.07, 6.45) is 10.2. The van der Waals surface area contributed by atoms with Gasteiger partial charge in [-0.1, -0.05) is 43.9 Å². The molecule has 5 heteroatoms. The molecule has 2 atom stereocenters. The summed E-state index contributed by atoms with van der Waals surface area (Å²) < 4.78 is 5.53. The monoisotopic (exact) mass is 374 g/mol. The van der Waals surface area contributed by atoms with E-state index in [1.807, 2.05) is 23.1 Å². The molecule has 26 heavy (non-hydrogen) atoms. The van der Waals surface area contributed by atoms with Crippen molar-refractivity contribution in [1.29, 1.82) is 0 Å². The van der Waals surface area contributed by atoms with Gasteiger partial charge in [-0.25, -0.2) is 0 Å². The second-order valence-electron chi connectivity index (χ2n) is 8.22. The van der Waals surface area contributed by atoms with Crippen LogP contribution in [0.25, 0.3) is 0 Å². The Morgan fingerprint density at radius 3 is 2.65 bits per heavy atom. The fraction of sp³-hybridized carbons (Fsp3) is 0.667. The fourth-order valence-corrected chi connectivity index (χ4v) is 6.02. The maximum absolute atomic E-state index is 11.9. The highest BCUT2D eigenvalue weighted by atomic mass is 32.1. The molecule has 2 N–H and O–H groups in total. The van der Waals surface area contributed by atoms with Crippen molar-refractivity contribution in [2.24, 2.45) is 5.92 Å². The number of hydrogen-bond acceptors (Lipinski definition) is 3. The molecule has 4 nitrogen and oxygen atoms in total. The number of para-hydroxylation sites is 1. The van der Waals surface area contributed by atoms with E-state index in [-0.39, 0.29) is 11.5 Å². The maximum atomic E-state index is 11.9. The maximum Gasteiger partial charge on any atom is 0.171 e. The molecule has 3 aliphatic rings. The van der Waals surface area contributed by atoms with E-state index in [4.69, 9.17) is 17.0 Å². The number of thiocarbonyl (C=S) groups is 1. The molecule has 1 aromatic carbocycles. The van der Waals surface area contributed by atoms with Crippen molar-refractivity contribution in [3.63, 3.8) is 0 Å². The first-order valence-electron chi connectivity index (χ1n) is 10.0. The smallest absolute Gasteiger partial charge is 0.171 e. The lowest BCUT2D eigenvalue weighted by molar-refractivity contribution is -0.184. The van der Waals surface area contributed by atoms with Crippen LogP contribution < -0.4 is 10.1 Å². The normalized spacial score (nSPS) is 30.6. The van der Waals surface area contributed by atoms with Crippen LogP contribution in [-0.2, 0) is 6.54 Å². The van der Waals surface area contributed by atoms with Gasteiger partial charge < -0.3 is 20.1 Å². The van der Waals surface area contributed by atoms with E-state index >= 15 is 0 Å². The van der Waals surface area contributed by atoms with Crippen molar-refractivity contribution in [3.8, 4) is 5.75 Å². The van der Waals surface area contributed by atoms with Crippen molar-refractivity contribution in [2.45, 2.75) is 75.6 Å². The minimum absolute atomic E-state index is 0.0121. The van der Waals surface area contributed by atoms with Gasteiger partial charge in [0.1, 0.15) is 11.5 Å². The van der Waals surface area contributed by atoms with Gasteiger partial charge in [0.25, 0.3) is 0 Å². The average Bonchev–Trinajstić information content (AvgIpc) is 2.66. The Morgan fingerprint density at radius 2 is 1.88 bits per heavy atom. The number of nitrogens with one attached hydrogen (secondary N) is 1. The van der Waals surface area contributed by atoms with Gasteiger partial charge in [0.05, 0.1) is 13.7 Å². The van der Waals surface area contributed by atoms with Gasteiger partial charge in [0.15, 0.2) is 5.11 Å². The van der Waals surface area contributed by atoms with Crippen LogP contribution >= 0.6 is 12.2 Å². The molecule has 4 rings (SSSR count). The van der Waals surface area contributed by atoms with Crippen molar-refractivity contribution < 1.29 is 9.84 Å². The molecular weight excluding hydrogens is 344 g/mol. The predicted molar refractivity (Wildman–Crippen MR) is 107 cm³/mol. The molecule has 0 aromatic heterocycles. The highest BCUT2D eigenvalue weighted by Crippen LogP contribution is 2.51. The highest BCUT2D eigenvalue weighted by molar-refractivity contribution is 7.80. The summed E-state index contributed by atoms with van der Waals surface area (Å²) in [5.41, 5.74) is 0.206. The zero-order chi connectivity index (χ0) is 18.2. The predicted octanol–water partition coefficient (Wildman–Crippen LogP) is 3.97. The third kappa shape index (κ3) is 2.89. The summed E-state index contributed by atoms with van der Waals surface area (Å²) in [5, 5.41) is 16.3. The Balaban J connectivity index is 1.68. The number of benzene rings is 1. The molecule has 0 radical (unpaired) electrons. The number of nitrogens with zero attached hydrogens (tertiary/aromatic N) is 1. The van der Waals surface area contributed by atoms with Crippen molar-refractivity contribution in [3.05, 3.63) is 29.8 Å². The molecule has 2 saturated carbocycles. The van der Waals surface area contributed by atoms with Gasteiger partial charge in [0, 0.05) is 17.0 Å². The minimum Gasteiger partial charge on any atom is -0.496 e. The van der Waals surface area contributed by atoms with Crippen LogP contribution in [0.5, 0.6) is 5.75 Å². The van der Waals surface area contributed by atoms with Crippen LogP contribution in [0.4, 0.5) is 0 Å². The first kappa shape index (κ1) is 18.1. The molecule has 1 aromatic rings. The number of fused-ring (bicyclic) bond motifs is 2. The fourth-order valence-electron chi connectivity index (χ4n) is 5.59. The summed E-state index contributed by atoms with van der Waals surface area (Å²) >= 11 is 5.81. The topological polar surface area (TPSA) is 44.7 Å². The zero-order valence-corrected chi connectivity index (χ0v) is 16.5. The molecule has 1 aliphatic heterocycles. The third-order valence-corrected chi connectivity index (χ3v) is 7.17. The van der Waals surface area contributed by atoms with Gasteiger partial charge in [0.2, 0.25) is 0 Å². The molecule has 142 valence electrons. The van der Waals surface area contributed by atoms with Crippen LogP contribution in [0.1, 0.15) is 63.4 Å². The Morgan fingerprint density at radius 1 is 1.15 bits per heavy atom. The van der Waals surface area contributed by atoms with Crippen LogP contribution in [0.2, 0.25) is 0 Å². The van der Waals surface area contributed by atoms with Crippen LogP contribution in [0.3, 0.4) is 0 Å². The van der Waals surface area contributed by atoms with Crippen LogP contribution in [-0.4, -0.2) is 33.5 Å². The van der Waals surface area contributed by atoms with Gasteiger partial charge >= 0.3 is 0 Å². The largest absolute Gasteiger partial charge is 0.496 e. The van der Waals surface area contributed by atoms with Gasteiger partial charge in [-0.05, 0) is 50.4 Å². The summed E-state index contributed by atoms with van der Waals surface area (Å²) in [7, 11) is 1.70. The van der Waals surface area contributed by atoms with E-state index in [1.165, 1.54) is 25.7 Å². The second-order valence-corrected chi connectivity index (χ2v) is 8.61. The SMILES string of the molecule is COc1ccccc1CN1C(=S)NC2(CCCCC2)[C@H]2CCCC[C@@]21O. The van der Waals surface area contributed by atoms with Crippen molar-refractivity contribution >= 4 is 17.3 Å². The van der Waals surface area contributed by atoms with E-state index in [1.54, 1.807) is 7.11 Å². The van der Waals surface area contributed by atoms with E-state index in [0.717, 1.165) is 43.4 Å². The Kier molecular flexibility index (Phi) is 4.86. The molecule has 1 saturated heterocycles. The standard InChI is InChI=1S/C21H30N2O2S/c1-25-17-10-4-3-9-16(17)15-23-19(26)22-20(12-6-2-7-13-20)18-11-5-8-14-21(18,23)24/h3-4,9-10,18,24H,2,5-8,11-15H2,1H3,(H,22,26)/t18-,21-/m1/s1. The third-order valence-electron chi connectivity index (χ3n) is 6.85.